The van der Waals surface area contributed by atoms with Gasteiger partial charge in [-0.1, -0.05) is 36.4 Å². The van der Waals surface area contributed by atoms with Gasteiger partial charge in [0.1, 0.15) is 17.1 Å². The van der Waals surface area contributed by atoms with Crippen molar-refractivity contribution in [2.45, 2.75) is 44.9 Å². The maximum Gasteiger partial charge on any atom is 0.411 e. The molecule has 1 fully saturated rings. The number of carbonyl (C=O) groups excluding carboxylic acids is 1. The Balaban J connectivity index is 1.50. The lowest BCUT2D eigenvalue weighted by Gasteiger charge is -2.44. The minimum atomic E-state index is -0.509. The third-order valence-electron chi connectivity index (χ3n) is 5.01. The molecule has 0 aliphatic carbocycles. The molecule has 0 saturated carbocycles. The molecule has 1 amide bonds. The van der Waals surface area contributed by atoms with E-state index in [-0.39, 0.29) is 18.2 Å². The average Bonchev–Trinajstić information content (AvgIpc) is 2.67. The van der Waals surface area contributed by atoms with E-state index in [1.54, 1.807) is 0 Å². The summed E-state index contributed by atoms with van der Waals surface area (Å²) in [7, 11) is 0. The first-order valence-electron chi connectivity index (χ1n) is 10.0. The molecule has 2 aliphatic rings. The molecule has 2 aromatic rings. The predicted octanol–water partition coefficient (Wildman–Crippen LogP) is 5.27. The van der Waals surface area contributed by atoms with Crippen molar-refractivity contribution in [2.24, 2.45) is 0 Å². The second kappa shape index (κ2) is 7.91. The van der Waals surface area contributed by atoms with Crippen LogP contribution in [0.25, 0.3) is 5.57 Å². The first-order valence-corrected chi connectivity index (χ1v) is 10.0. The molecule has 5 heteroatoms. The van der Waals surface area contributed by atoms with Gasteiger partial charge in [0.05, 0.1) is 25.3 Å². The normalized spacial score (nSPS) is 21.3. The number of hydrogen-bond acceptors (Lipinski definition) is 4. The van der Waals surface area contributed by atoms with Crippen molar-refractivity contribution in [1.29, 1.82) is 0 Å². The molecule has 5 nitrogen and oxygen atoms in total. The fourth-order valence-corrected chi connectivity index (χ4v) is 3.77. The molecule has 2 aliphatic heterocycles. The van der Waals surface area contributed by atoms with Crippen molar-refractivity contribution in [1.82, 2.24) is 4.90 Å². The maximum atomic E-state index is 12.7. The number of hydrogen-bond donors (Lipinski definition) is 0. The predicted molar refractivity (Wildman–Crippen MR) is 112 cm³/mol. The quantitative estimate of drug-likeness (QED) is 0.713. The molecular weight excluding hydrogens is 366 g/mol. The Bertz CT molecular complexity index is 883. The van der Waals surface area contributed by atoms with Crippen LogP contribution in [0.5, 0.6) is 11.5 Å². The summed E-state index contributed by atoms with van der Waals surface area (Å²) in [5, 5.41) is 0. The van der Waals surface area contributed by atoms with Gasteiger partial charge in [0, 0.05) is 0 Å². The summed E-state index contributed by atoms with van der Waals surface area (Å²) in [6.07, 6.45) is 2.61. The topological polar surface area (TPSA) is 48.0 Å². The highest BCUT2D eigenvalue weighted by Crippen LogP contribution is 2.34. The van der Waals surface area contributed by atoms with E-state index < -0.39 is 5.60 Å². The standard InChI is InChI=1S/C24H27NO4/c1-24(2,3)29-23(26)25-19-13-18(14-20(25)16-27-15-19)17-9-11-22(12-10-17)28-21-7-5-4-6-8-21/h4-13,19-20H,14-16H2,1-3H3. The van der Waals surface area contributed by atoms with Crippen LogP contribution in [0, 0.1) is 0 Å². The summed E-state index contributed by atoms with van der Waals surface area (Å²) < 4.78 is 17.2. The first kappa shape index (κ1) is 19.5. The summed E-state index contributed by atoms with van der Waals surface area (Å²) in [5.74, 6) is 1.62. The minimum Gasteiger partial charge on any atom is -0.457 e. The van der Waals surface area contributed by atoms with Crippen molar-refractivity contribution in [3.63, 3.8) is 0 Å². The van der Waals surface area contributed by atoms with Crippen molar-refractivity contribution in [3.05, 3.63) is 66.2 Å². The van der Waals surface area contributed by atoms with Gasteiger partial charge in [-0.15, -0.1) is 0 Å². The minimum absolute atomic E-state index is 0.0103. The van der Waals surface area contributed by atoms with Crippen LogP contribution in [0.2, 0.25) is 0 Å². The van der Waals surface area contributed by atoms with E-state index >= 15 is 0 Å². The zero-order valence-corrected chi connectivity index (χ0v) is 17.1. The van der Waals surface area contributed by atoms with Gasteiger partial charge in [-0.05, 0) is 62.6 Å². The fraction of sp³-hybridized carbons (Fsp3) is 0.375. The summed E-state index contributed by atoms with van der Waals surface area (Å²) in [5.41, 5.74) is 1.87. The molecule has 0 N–H and O–H groups in total. The molecule has 2 heterocycles. The van der Waals surface area contributed by atoms with Gasteiger partial charge in [-0.2, -0.15) is 0 Å². The Morgan fingerprint density at radius 2 is 1.69 bits per heavy atom. The highest BCUT2D eigenvalue weighted by atomic mass is 16.6. The van der Waals surface area contributed by atoms with Crippen LogP contribution in [0.3, 0.4) is 0 Å². The van der Waals surface area contributed by atoms with Crippen LogP contribution < -0.4 is 4.74 Å². The molecule has 1 saturated heterocycles. The van der Waals surface area contributed by atoms with Crippen LogP contribution in [-0.2, 0) is 9.47 Å². The summed E-state index contributed by atoms with van der Waals surface area (Å²) >= 11 is 0. The number of benzene rings is 2. The van der Waals surface area contributed by atoms with Gasteiger partial charge in [-0.25, -0.2) is 4.79 Å². The zero-order chi connectivity index (χ0) is 20.4. The number of para-hydroxylation sites is 1. The van der Waals surface area contributed by atoms with E-state index in [4.69, 9.17) is 14.2 Å². The largest absolute Gasteiger partial charge is 0.457 e. The molecule has 0 spiro atoms. The molecule has 152 valence electrons. The van der Waals surface area contributed by atoms with Crippen molar-refractivity contribution >= 4 is 11.7 Å². The zero-order valence-electron chi connectivity index (χ0n) is 17.1. The SMILES string of the molecule is CC(C)(C)OC(=O)N1C2C=C(c3ccc(Oc4ccccc4)cc3)CC1COC2. The molecule has 0 aromatic heterocycles. The van der Waals surface area contributed by atoms with E-state index in [1.807, 2.05) is 68.1 Å². The second-order valence-electron chi connectivity index (χ2n) is 8.48. The Labute approximate surface area is 171 Å². The van der Waals surface area contributed by atoms with E-state index in [0.717, 1.165) is 23.5 Å². The lowest BCUT2D eigenvalue weighted by Crippen LogP contribution is -2.57. The van der Waals surface area contributed by atoms with Gasteiger partial charge >= 0.3 is 6.09 Å². The lowest BCUT2D eigenvalue weighted by molar-refractivity contribution is -0.0510. The van der Waals surface area contributed by atoms with Crippen LogP contribution in [0.15, 0.2) is 60.7 Å². The monoisotopic (exact) mass is 393 g/mol. The highest BCUT2D eigenvalue weighted by Gasteiger charge is 2.40. The van der Waals surface area contributed by atoms with Gasteiger partial charge < -0.3 is 14.2 Å². The molecule has 2 aromatic carbocycles. The molecule has 2 bridgehead atoms. The number of morpholine rings is 1. The summed E-state index contributed by atoms with van der Waals surface area (Å²) in [6, 6.07) is 17.7. The maximum absolute atomic E-state index is 12.7. The van der Waals surface area contributed by atoms with Crippen molar-refractivity contribution < 1.29 is 19.0 Å². The molecule has 29 heavy (non-hydrogen) atoms. The van der Waals surface area contributed by atoms with E-state index in [9.17, 15) is 4.79 Å². The van der Waals surface area contributed by atoms with Gasteiger partial charge in [0.2, 0.25) is 0 Å². The molecule has 2 unspecified atom stereocenters. The summed E-state index contributed by atoms with van der Waals surface area (Å²) in [4.78, 5) is 14.5. The molecule has 0 radical (unpaired) electrons. The number of fused-ring (bicyclic) bond motifs is 2. The fourth-order valence-electron chi connectivity index (χ4n) is 3.77. The first-order chi connectivity index (χ1) is 13.9. The second-order valence-corrected chi connectivity index (χ2v) is 8.48. The van der Waals surface area contributed by atoms with E-state index in [0.29, 0.717) is 13.2 Å². The van der Waals surface area contributed by atoms with E-state index in [2.05, 4.69) is 18.2 Å². The Morgan fingerprint density at radius 1 is 1.00 bits per heavy atom. The van der Waals surface area contributed by atoms with Gasteiger partial charge in [-0.3, -0.25) is 4.90 Å². The smallest absolute Gasteiger partial charge is 0.411 e. The van der Waals surface area contributed by atoms with Crippen LogP contribution >= 0.6 is 0 Å². The number of nitrogens with zero attached hydrogens (tertiary/aromatic N) is 1. The van der Waals surface area contributed by atoms with Gasteiger partial charge in [0.25, 0.3) is 0 Å². The lowest BCUT2D eigenvalue weighted by atomic mass is 9.90. The Morgan fingerprint density at radius 3 is 2.34 bits per heavy atom. The van der Waals surface area contributed by atoms with Crippen molar-refractivity contribution in [3.8, 4) is 11.5 Å². The van der Waals surface area contributed by atoms with Gasteiger partial charge in [0.15, 0.2) is 0 Å². The van der Waals surface area contributed by atoms with Crippen molar-refractivity contribution in [2.75, 3.05) is 13.2 Å². The van der Waals surface area contributed by atoms with Crippen LogP contribution in [0.4, 0.5) is 4.79 Å². The Hall–Kier alpha value is -2.79. The molecular formula is C24H27NO4. The molecule has 2 atom stereocenters. The third-order valence-corrected chi connectivity index (χ3v) is 5.01. The highest BCUT2D eigenvalue weighted by molar-refractivity contribution is 5.75. The number of carbonyl (C=O) groups is 1. The Kier molecular flexibility index (Phi) is 5.33. The third kappa shape index (κ3) is 4.62. The number of amides is 1. The number of ether oxygens (including phenoxy) is 3. The van der Waals surface area contributed by atoms with E-state index in [1.165, 1.54) is 5.57 Å². The summed E-state index contributed by atoms with van der Waals surface area (Å²) in [6.45, 7) is 6.70. The van der Waals surface area contributed by atoms with Crippen LogP contribution in [-0.4, -0.2) is 41.9 Å². The average molecular weight is 393 g/mol. The molecule has 4 rings (SSSR count). The van der Waals surface area contributed by atoms with Crippen LogP contribution in [0.1, 0.15) is 32.8 Å². The number of rotatable bonds is 3.